The number of hydrogen-bond donors (Lipinski definition) is 1. The van der Waals surface area contributed by atoms with Crippen molar-refractivity contribution in [2.24, 2.45) is 5.92 Å². The molecule has 72 valence electrons. The smallest absolute Gasteiger partial charge is 0.223 e. The second kappa shape index (κ2) is 4.48. The van der Waals surface area contributed by atoms with Crippen LogP contribution in [0.1, 0.15) is 47.5 Å². The summed E-state index contributed by atoms with van der Waals surface area (Å²) in [7, 11) is 0. The van der Waals surface area contributed by atoms with Gasteiger partial charge in [-0.15, -0.1) is 0 Å². The average Bonchev–Trinajstić information content (AvgIpc) is 2.01. The van der Waals surface area contributed by atoms with Crippen molar-refractivity contribution in [3.63, 3.8) is 0 Å². The lowest BCUT2D eigenvalue weighted by molar-refractivity contribution is -0.128. The first-order valence-corrected chi connectivity index (χ1v) is 4.83. The third-order valence-corrected chi connectivity index (χ3v) is 2.11. The SMILES string of the molecule is CC.CC1CCC(C)(C)NC1=O. The summed E-state index contributed by atoms with van der Waals surface area (Å²) in [6, 6.07) is 0. The molecule has 1 aliphatic rings. The Morgan fingerprint density at radius 3 is 2.25 bits per heavy atom. The van der Waals surface area contributed by atoms with Crippen LogP contribution < -0.4 is 5.32 Å². The van der Waals surface area contributed by atoms with E-state index in [-0.39, 0.29) is 17.4 Å². The highest BCUT2D eigenvalue weighted by Crippen LogP contribution is 2.21. The van der Waals surface area contributed by atoms with Gasteiger partial charge in [0.2, 0.25) is 5.91 Å². The molecule has 0 aromatic carbocycles. The largest absolute Gasteiger partial charge is 0.351 e. The van der Waals surface area contributed by atoms with E-state index in [9.17, 15) is 4.79 Å². The summed E-state index contributed by atoms with van der Waals surface area (Å²) >= 11 is 0. The highest BCUT2D eigenvalue weighted by atomic mass is 16.2. The number of amides is 1. The van der Waals surface area contributed by atoms with Crippen LogP contribution in [0.3, 0.4) is 0 Å². The molecule has 1 unspecified atom stereocenters. The molecule has 1 rings (SSSR count). The Hall–Kier alpha value is -0.530. The van der Waals surface area contributed by atoms with Gasteiger partial charge in [-0.25, -0.2) is 0 Å². The lowest BCUT2D eigenvalue weighted by atomic mass is 9.87. The summed E-state index contributed by atoms with van der Waals surface area (Å²) in [6.07, 6.45) is 2.12. The van der Waals surface area contributed by atoms with Crippen molar-refractivity contribution in [2.45, 2.75) is 53.0 Å². The van der Waals surface area contributed by atoms with E-state index < -0.39 is 0 Å². The molecule has 1 amide bonds. The van der Waals surface area contributed by atoms with Crippen molar-refractivity contribution in [3.8, 4) is 0 Å². The molecule has 1 aliphatic heterocycles. The summed E-state index contributed by atoms with van der Waals surface area (Å²) < 4.78 is 0. The van der Waals surface area contributed by atoms with E-state index in [1.54, 1.807) is 0 Å². The predicted molar refractivity (Wildman–Crippen MR) is 52.0 cm³/mol. The molecule has 0 aromatic heterocycles. The van der Waals surface area contributed by atoms with Crippen molar-refractivity contribution in [1.29, 1.82) is 0 Å². The highest BCUT2D eigenvalue weighted by molar-refractivity contribution is 5.79. The molecule has 0 aliphatic carbocycles. The zero-order valence-corrected chi connectivity index (χ0v) is 8.90. The van der Waals surface area contributed by atoms with E-state index >= 15 is 0 Å². The summed E-state index contributed by atoms with van der Waals surface area (Å²) in [6.45, 7) is 10.1. The molecule has 2 nitrogen and oxygen atoms in total. The van der Waals surface area contributed by atoms with Crippen LogP contribution in [-0.4, -0.2) is 11.4 Å². The number of carbonyl (C=O) groups excluding carboxylic acids is 1. The third-order valence-electron chi connectivity index (χ3n) is 2.11. The highest BCUT2D eigenvalue weighted by Gasteiger charge is 2.29. The van der Waals surface area contributed by atoms with Gasteiger partial charge in [0, 0.05) is 11.5 Å². The molecule has 0 spiro atoms. The van der Waals surface area contributed by atoms with Gasteiger partial charge >= 0.3 is 0 Å². The lowest BCUT2D eigenvalue weighted by Gasteiger charge is -2.33. The molecule has 0 aromatic rings. The van der Waals surface area contributed by atoms with Crippen molar-refractivity contribution in [2.75, 3.05) is 0 Å². The number of carbonyl (C=O) groups is 1. The van der Waals surface area contributed by atoms with Gasteiger partial charge in [0.05, 0.1) is 0 Å². The minimum Gasteiger partial charge on any atom is -0.351 e. The Labute approximate surface area is 75.7 Å². The molecule has 1 heterocycles. The molecule has 2 heteroatoms. The summed E-state index contributed by atoms with van der Waals surface area (Å²) in [5.41, 5.74) is 0.0313. The average molecular weight is 171 g/mol. The van der Waals surface area contributed by atoms with Crippen LogP contribution >= 0.6 is 0 Å². The summed E-state index contributed by atoms with van der Waals surface area (Å²) in [5, 5.41) is 2.97. The molecule has 12 heavy (non-hydrogen) atoms. The lowest BCUT2D eigenvalue weighted by Crippen LogP contribution is -2.49. The standard InChI is InChI=1S/C8H15NO.C2H6/c1-6-4-5-8(2,3)9-7(6)10;1-2/h6H,4-5H2,1-3H3,(H,9,10);1-2H3. The molecule has 0 saturated carbocycles. The molecule has 1 saturated heterocycles. The molecule has 0 radical (unpaired) electrons. The van der Waals surface area contributed by atoms with E-state index in [2.05, 4.69) is 19.2 Å². The maximum Gasteiger partial charge on any atom is 0.223 e. The fourth-order valence-electron chi connectivity index (χ4n) is 1.23. The van der Waals surface area contributed by atoms with Gasteiger partial charge < -0.3 is 5.32 Å². The normalized spacial score (nSPS) is 26.8. The van der Waals surface area contributed by atoms with Crippen molar-refractivity contribution < 1.29 is 4.79 Å². The second-order valence-electron chi connectivity index (χ2n) is 3.81. The molecule has 1 atom stereocenters. The van der Waals surface area contributed by atoms with Gasteiger partial charge in [-0.2, -0.15) is 0 Å². The molecule has 0 bridgehead atoms. The van der Waals surface area contributed by atoms with E-state index in [1.807, 2.05) is 20.8 Å². The fraction of sp³-hybridized carbons (Fsp3) is 0.900. The van der Waals surface area contributed by atoms with E-state index in [0.29, 0.717) is 0 Å². The van der Waals surface area contributed by atoms with Crippen LogP contribution in [-0.2, 0) is 4.79 Å². The van der Waals surface area contributed by atoms with Gasteiger partial charge in [-0.05, 0) is 26.7 Å². The van der Waals surface area contributed by atoms with Gasteiger partial charge in [0.25, 0.3) is 0 Å². The zero-order valence-electron chi connectivity index (χ0n) is 8.90. The maximum atomic E-state index is 11.1. The molecular weight excluding hydrogens is 150 g/mol. The van der Waals surface area contributed by atoms with Gasteiger partial charge in [0.1, 0.15) is 0 Å². The first-order valence-electron chi connectivity index (χ1n) is 4.83. The number of rotatable bonds is 0. The Kier molecular flexibility index (Phi) is 4.29. The molecule has 1 N–H and O–H groups in total. The Morgan fingerprint density at radius 1 is 1.42 bits per heavy atom. The first-order chi connectivity index (χ1) is 5.51. The Balaban J connectivity index is 0.000000561. The second-order valence-corrected chi connectivity index (χ2v) is 3.81. The summed E-state index contributed by atoms with van der Waals surface area (Å²) in [5.74, 6) is 0.421. The van der Waals surface area contributed by atoms with Crippen LogP contribution in [0.2, 0.25) is 0 Å². The Bertz CT molecular complexity index is 152. The van der Waals surface area contributed by atoms with Crippen LogP contribution in [0.5, 0.6) is 0 Å². The molecule has 1 fully saturated rings. The van der Waals surface area contributed by atoms with Crippen LogP contribution in [0, 0.1) is 5.92 Å². The van der Waals surface area contributed by atoms with Crippen molar-refractivity contribution >= 4 is 5.91 Å². The quantitative estimate of drug-likeness (QED) is 0.595. The number of hydrogen-bond acceptors (Lipinski definition) is 1. The van der Waals surface area contributed by atoms with Gasteiger partial charge in [-0.1, -0.05) is 20.8 Å². The minimum absolute atomic E-state index is 0.0313. The van der Waals surface area contributed by atoms with Crippen LogP contribution in [0.15, 0.2) is 0 Å². The first kappa shape index (κ1) is 11.5. The fourth-order valence-corrected chi connectivity index (χ4v) is 1.23. The third kappa shape index (κ3) is 3.24. The van der Waals surface area contributed by atoms with E-state index in [0.717, 1.165) is 12.8 Å². The van der Waals surface area contributed by atoms with Gasteiger partial charge in [0.15, 0.2) is 0 Å². The van der Waals surface area contributed by atoms with Gasteiger partial charge in [-0.3, -0.25) is 4.79 Å². The van der Waals surface area contributed by atoms with Crippen molar-refractivity contribution in [1.82, 2.24) is 5.32 Å². The molecular formula is C10H21NO. The van der Waals surface area contributed by atoms with Crippen LogP contribution in [0.4, 0.5) is 0 Å². The monoisotopic (exact) mass is 171 g/mol. The maximum absolute atomic E-state index is 11.1. The summed E-state index contributed by atoms with van der Waals surface area (Å²) in [4.78, 5) is 11.1. The Morgan fingerprint density at radius 2 is 1.92 bits per heavy atom. The predicted octanol–water partition coefficient (Wildman–Crippen LogP) is 2.34. The number of nitrogens with one attached hydrogen (secondary N) is 1. The minimum atomic E-state index is 0.0313. The van der Waals surface area contributed by atoms with E-state index in [4.69, 9.17) is 0 Å². The topological polar surface area (TPSA) is 29.1 Å². The van der Waals surface area contributed by atoms with E-state index in [1.165, 1.54) is 0 Å². The van der Waals surface area contributed by atoms with Crippen LogP contribution in [0.25, 0.3) is 0 Å². The number of piperidine rings is 1. The van der Waals surface area contributed by atoms with Crippen molar-refractivity contribution in [3.05, 3.63) is 0 Å². The zero-order chi connectivity index (χ0) is 9.78.